The number of benzene rings is 1. The third-order valence-electron chi connectivity index (χ3n) is 3.60. The van der Waals surface area contributed by atoms with Crippen molar-refractivity contribution < 1.29 is 5.11 Å². The molecule has 0 radical (unpaired) electrons. The lowest BCUT2D eigenvalue weighted by molar-refractivity contribution is 0.200. The first-order chi connectivity index (χ1) is 9.75. The molecule has 1 aliphatic rings. The Labute approximate surface area is 155 Å². The van der Waals surface area contributed by atoms with Gasteiger partial charge in [-0.05, 0) is 35.2 Å². The Hall–Kier alpha value is -0.300. The minimum atomic E-state index is 0. The van der Waals surface area contributed by atoms with E-state index in [1.54, 1.807) is 17.4 Å². The Bertz CT molecular complexity index is 577. The summed E-state index contributed by atoms with van der Waals surface area (Å²) in [6.07, 6.45) is 0. The zero-order chi connectivity index (χ0) is 13.9. The Morgan fingerprint density at radius 3 is 2.55 bits per heavy atom. The van der Waals surface area contributed by atoms with Crippen molar-refractivity contribution in [3.8, 4) is 5.75 Å². The molecule has 22 heavy (non-hydrogen) atoms. The summed E-state index contributed by atoms with van der Waals surface area (Å²) in [6, 6.07) is 9.99. The number of hydrogen-bond donors (Lipinski definition) is 2. The van der Waals surface area contributed by atoms with Crippen molar-refractivity contribution in [2.24, 2.45) is 0 Å². The maximum atomic E-state index is 9.83. The van der Waals surface area contributed by atoms with Gasteiger partial charge < -0.3 is 10.4 Å². The molecule has 2 aromatic rings. The van der Waals surface area contributed by atoms with E-state index in [-0.39, 0.29) is 30.9 Å². The van der Waals surface area contributed by atoms with Crippen molar-refractivity contribution in [2.75, 3.05) is 26.2 Å². The molecule has 0 unspecified atom stereocenters. The molecule has 0 aliphatic carbocycles. The van der Waals surface area contributed by atoms with Gasteiger partial charge in [0.15, 0.2) is 0 Å². The highest BCUT2D eigenvalue weighted by atomic mass is 79.9. The summed E-state index contributed by atoms with van der Waals surface area (Å²) in [6.45, 7) is 4.06. The maximum absolute atomic E-state index is 9.83. The second-order valence-electron chi connectivity index (χ2n) is 4.91. The number of nitrogens with one attached hydrogen (secondary N) is 1. The van der Waals surface area contributed by atoms with E-state index in [0.29, 0.717) is 5.75 Å². The van der Waals surface area contributed by atoms with Crippen molar-refractivity contribution >= 4 is 52.1 Å². The number of phenols is 1. The van der Waals surface area contributed by atoms with Gasteiger partial charge in [0, 0.05) is 35.5 Å². The van der Waals surface area contributed by atoms with Crippen LogP contribution in [0.25, 0.3) is 0 Å². The zero-order valence-corrected chi connectivity index (χ0v) is 15.9. The highest BCUT2D eigenvalue weighted by Crippen LogP contribution is 2.37. The minimum absolute atomic E-state index is 0. The molecule has 1 saturated heterocycles. The van der Waals surface area contributed by atoms with Crippen molar-refractivity contribution in [2.45, 2.75) is 6.04 Å². The molecule has 1 aliphatic heterocycles. The number of rotatable bonds is 3. The smallest absolute Gasteiger partial charge is 0.116 e. The molecule has 1 atom stereocenters. The summed E-state index contributed by atoms with van der Waals surface area (Å²) in [5.74, 6) is 0.319. The maximum Gasteiger partial charge on any atom is 0.116 e. The Morgan fingerprint density at radius 1 is 1.18 bits per heavy atom. The van der Waals surface area contributed by atoms with Crippen LogP contribution in [0.3, 0.4) is 0 Å². The van der Waals surface area contributed by atoms with Crippen LogP contribution >= 0.6 is 52.1 Å². The molecule has 122 valence electrons. The standard InChI is InChI=1S/C15H17BrN2OS.2ClH/c16-13-4-3-11(19)10-12(13)15(14-2-1-9-20-14)18-7-5-17-6-8-18;;/h1-4,9-10,15,17,19H,5-8H2;2*1H/t15-;;/m1../s1. The average Bonchev–Trinajstić information content (AvgIpc) is 2.98. The van der Waals surface area contributed by atoms with Gasteiger partial charge >= 0.3 is 0 Å². The lowest BCUT2D eigenvalue weighted by Crippen LogP contribution is -2.45. The van der Waals surface area contributed by atoms with Gasteiger partial charge in [-0.3, -0.25) is 4.90 Å². The van der Waals surface area contributed by atoms with Crippen LogP contribution in [0.1, 0.15) is 16.5 Å². The summed E-state index contributed by atoms with van der Waals surface area (Å²) < 4.78 is 1.05. The van der Waals surface area contributed by atoms with Crippen LogP contribution in [-0.4, -0.2) is 36.2 Å². The molecule has 3 rings (SSSR count). The molecule has 0 amide bonds. The molecular formula is C15H19BrCl2N2OS. The second-order valence-corrected chi connectivity index (χ2v) is 6.74. The number of aromatic hydroxyl groups is 1. The highest BCUT2D eigenvalue weighted by molar-refractivity contribution is 9.10. The van der Waals surface area contributed by atoms with Crippen LogP contribution in [0.4, 0.5) is 0 Å². The number of nitrogens with zero attached hydrogens (tertiary/aromatic N) is 1. The predicted molar refractivity (Wildman–Crippen MR) is 101 cm³/mol. The number of phenolic OH excluding ortho intramolecular Hbond substituents is 1. The Balaban J connectivity index is 0.00000121. The predicted octanol–water partition coefficient (Wildman–Crippen LogP) is 4.05. The topological polar surface area (TPSA) is 35.5 Å². The monoisotopic (exact) mass is 424 g/mol. The lowest BCUT2D eigenvalue weighted by Gasteiger charge is -2.35. The number of piperazine rings is 1. The van der Waals surface area contributed by atoms with E-state index in [1.807, 2.05) is 12.1 Å². The van der Waals surface area contributed by atoms with Gasteiger partial charge in [0.2, 0.25) is 0 Å². The summed E-state index contributed by atoms with van der Waals surface area (Å²) in [5.41, 5.74) is 1.13. The van der Waals surface area contributed by atoms with Crippen molar-refractivity contribution in [3.63, 3.8) is 0 Å². The largest absolute Gasteiger partial charge is 0.508 e. The molecule has 7 heteroatoms. The van der Waals surface area contributed by atoms with E-state index in [1.165, 1.54) is 4.88 Å². The third kappa shape index (κ3) is 4.37. The fourth-order valence-electron chi connectivity index (χ4n) is 2.66. The normalized spacial score (nSPS) is 16.4. The van der Waals surface area contributed by atoms with Gasteiger partial charge in [0.25, 0.3) is 0 Å². The zero-order valence-electron chi connectivity index (χ0n) is 11.9. The molecular weight excluding hydrogens is 407 g/mol. The second kappa shape index (κ2) is 9.11. The first-order valence-electron chi connectivity index (χ1n) is 6.72. The van der Waals surface area contributed by atoms with Crippen LogP contribution in [0.5, 0.6) is 5.75 Å². The van der Waals surface area contributed by atoms with Crippen LogP contribution in [0, 0.1) is 0 Å². The fraction of sp³-hybridized carbons (Fsp3) is 0.333. The van der Waals surface area contributed by atoms with Gasteiger partial charge in [-0.25, -0.2) is 0 Å². The van der Waals surface area contributed by atoms with E-state index in [9.17, 15) is 5.11 Å². The molecule has 1 aromatic heterocycles. The molecule has 0 bridgehead atoms. The van der Waals surface area contributed by atoms with E-state index < -0.39 is 0 Å². The van der Waals surface area contributed by atoms with Crippen LogP contribution in [0.15, 0.2) is 40.2 Å². The lowest BCUT2D eigenvalue weighted by atomic mass is 10.0. The Kier molecular flexibility index (Phi) is 8.17. The summed E-state index contributed by atoms with van der Waals surface area (Å²) >= 11 is 5.40. The number of halogens is 3. The highest BCUT2D eigenvalue weighted by Gasteiger charge is 2.26. The van der Waals surface area contributed by atoms with Crippen LogP contribution < -0.4 is 5.32 Å². The summed E-state index contributed by atoms with van der Waals surface area (Å²) in [7, 11) is 0. The third-order valence-corrected chi connectivity index (χ3v) is 5.25. The summed E-state index contributed by atoms with van der Waals surface area (Å²) in [4.78, 5) is 3.79. The van der Waals surface area contributed by atoms with E-state index in [4.69, 9.17) is 0 Å². The fourth-order valence-corrected chi connectivity index (χ4v) is 4.00. The van der Waals surface area contributed by atoms with Crippen molar-refractivity contribution in [3.05, 3.63) is 50.6 Å². The van der Waals surface area contributed by atoms with Gasteiger partial charge in [-0.1, -0.05) is 22.0 Å². The van der Waals surface area contributed by atoms with E-state index in [2.05, 4.69) is 43.7 Å². The Morgan fingerprint density at radius 2 is 1.91 bits per heavy atom. The number of hydrogen-bond acceptors (Lipinski definition) is 4. The molecule has 0 saturated carbocycles. The average molecular weight is 426 g/mol. The van der Waals surface area contributed by atoms with Gasteiger partial charge in [0.1, 0.15) is 5.75 Å². The van der Waals surface area contributed by atoms with Gasteiger partial charge in [-0.15, -0.1) is 36.2 Å². The molecule has 2 heterocycles. The first-order valence-corrected chi connectivity index (χ1v) is 8.39. The quantitative estimate of drug-likeness (QED) is 0.778. The molecule has 2 N–H and O–H groups in total. The SMILES string of the molecule is Cl.Cl.Oc1ccc(Br)c([C@H](c2cccs2)N2CCNCC2)c1. The van der Waals surface area contributed by atoms with Crippen molar-refractivity contribution in [1.29, 1.82) is 0 Å². The number of thiophene rings is 1. The van der Waals surface area contributed by atoms with Gasteiger partial charge in [-0.2, -0.15) is 0 Å². The van der Waals surface area contributed by atoms with E-state index >= 15 is 0 Å². The molecule has 1 aromatic carbocycles. The molecule has 3 nitrogen and oxygen atoms in total. The molecule has 1 fully saturated rings. The van der Waals surface area contributed by atoms with Crippen LogP contribution in [0.2, 0.25) is 0 Å². The first kappa shape index (κ1) is 19.7. The van der Waals surface area contributed by atoms with Crippen molar-refractivity contribution in [1.82, 2.24) is 10.2 Å². The van der Waals surface area contributed by atoms with Gasteiger partial charge in [0.05, 0.1) is 6.04 Å². The van der Waals surface area contributed by atoms with E-state index in [0.717, 1.165) is 36.2 Å². The molecule has 0 spiro atoms. The summed E-state index contributed by atoms with van der Waals surface area (Å²) in [5, 5.41) is 15.3. The minimum Gasteiger partial charge on any atom is -0.508 e. The van der Waals surface area contributed by atoms with Crippen LogP contribution in [-0.2, 0) is 0 Å².